The summed E-state index contributed by atoms with van der Waals surface area (Å²) in [6.07, 6.45) is 54.2. The van der Waals surface area contributed by atoms with Gasteiger partial charge in [-0.05, 0) is 12.8 Å². The fourth-order valence-corrected chi connectivity index (χ4v) is 6.89. The van der Waals surface area contributed by atoms with Gasteiger partial charge in [0.2, 0.25) is 0 Å². The zero-order valence-corrected chi connectivity index (χ0v) is 30.2. The summed E-state index contributed by atoms with van der Waals surface area (Å²) in [4.78, 5) is 5.08. The van der Waals surface area contributed by atoms with E-state index in [9.17, 15) is 0 Å². The monoisotopic (exact) mass is 603 g/mol. The molecule has 1 heterocycles. The number of rotatable bonds is 36. The van der Waals surface area contributed by atoms with Crippen LogP contribution in [0, 0.1) is 0 Å². The fraction of sp³-hybridized carbons (Fsp3) is 0.951. The standard InChI is InChI=1S/C41H82N2/c1-3-5-7-9-11-13-15-17-19-21-23-25-27-29-31-33-35-37-42-39-40-43(41-42)38-36-34-32-30-28-26-24-22-20-18-16-14-12-10-8-6-4-2/h39-40H,3-38,41H2,1-2H3. The van der Waals surface area contributed by atoms with E-state index in [0.717, 1.165) is 6.67 Å². The predicted octanol–water partition coefficient (Wildman–Crippen LogP) is 14.3. The van der Waals surface area contributed by atoms with Gasteiger partial charge in [0.05, 0.1) is 6.67 Å². The first-order valence-electron chi connectivity index (χ1n) is 20.5. The molecule has 1 aliphatic rings. The van der Waals surface area contributed by atoms with Crippen molar-refractivity contribution in [1.82, 2.24) is 9.80 Å². The topological polar surface area (TPSA) is 6.48 Å². The Morgan fingerprint density at radius 3 is 0.674 bits per heavy atom. The van der Waals surface area contributed by atoms with Crippen molar-refractivity contribution >= 4 is 0 Å². The second-order valence-electron chi connectivity index (χ2n) is 14.4. The van der Waals surface area contributed by atoms with Crippen molar-refractivity contribution in [3.8, 4) is 0 Å². The fourth-order valence-electron chi connectivity index (χ4n) is 6.89. The van der Waals surface area contributed by atoms with E-state index in [1.807, 2.05) is 0 Å². The average Bonchev–Trinajstić information content (AvgIpc) is 3.47. The van der Waals surface area contributed by atoms with Crippen LogP contribution >= 0.6 is 0 Å². The molecule has 256 valence electrons. The molecule has 0 aliphatic carbocycles. The maximum absolute atomic E-state index is 2.54. The van der Waals surface area contributed by atoms with E-state index in [2.05, 4.69) is 36.0 Å². The van der Waals surface area contributed by atoms with Crippen LogP contribution in [0.4, 0.5) is 0 Å². The maximum Gasteiger partial charge on any atom is 0.0893 e. The first kappa shape index (κ1) is 40.4. The molecule has 0 spiro atoms. The molecule has 0 aromatic heterocycles. The summed E-state index contributed by atoms with van der Waals surface area (Å²) in [7, 11) is 0. The third-order valence-corrected chi connectivity index (χ3v) is 9.95. The molecule has 0 N–H and O–H groups in total. The Hall–Kier alpha value is -0.660. The molecule has 0 atom stereocenters. The van der Waals surface area contributed by atoms with Crippen LogP contribution in [0.5, 0.6) is 0 Å². The lowest BCUT2D eigenvalue weighted by Crippen LogP contribution is -2.26. The van der Waals surface area contributed by atoms with Gasteiger partial charge in [-0.2, -0.15) is 0 Å². The Kier molecular flexibility index (Phi) is 32.1. The Bertz CT molecular complexity index is 498. The van der Waals surface area contributed by atoms with E-state index in [0.29, 0.717) is 0 Å². The van der Waals surface area contributed by atoms with Gasteiger partial charge >= 0.3 is 0 Å². The molecule has 2 heteroatoms. The van der Waals surface area contributed by atoms with Crippen molar-refractivity contribution in [3.05, 3.63) is 12.4 Å². The molecule has 0 saturated heterocycles. The molecule has 1 rings (SSSR count). The van der Waals surface area contributed by atoms with Crippen LogP contribution in [0.25, 0.3) is 0 Å². The van der Waals surface area contributed by atoms with Gasteiger partial charge in [-0.15, -0.1) is 0 Å². The van der Waals surface area contributed by atoms with Gasteiger partial charge in [-0.3, -0.25) is 0 Å². The van der Waals surface area contributed by atoms with Gasteiger partial charge < -0.3 is 9.80 Å². The van der Waals surface area contributed by atoms with Crippen molar-refractivity contribution in [1.29, 1.82) is 0 Å². The highest BCUT2D eigenvalue weighted by atomic mass is 15.3. The lowest BCUT2D eigenvalue weighted by molar-refractivity contribution is 0.257. The van der Waals surface area contributed by atoms with Crippen molar-refractivity contribution in [3.63, 3.8) is 0 Å². The largest absolute Gasteiger partial charge is 0.359 e. The van der Waals surface area contributed by atoms with E-state index < -0.39 is 0 Å². The number of hydrogen-bond acceptors (Lipinski definition) is 2. The molecule has 0 saturated carbocycles. The zero-order chi connectivity index (χ0) is 30.7. The van der Waals surface area contributed by atoms with E-state index in [1.165, 1.54) is 231 Å². The van der Waals surface area contributed by atoms with Gasteiger partial charge in [0.25, 0.3) is 0 Å². The molecule has 0 fully saturated rings. The molecule has 0 amide bonds. The first-order chi connectivity index (χ1) is 21.4. The summed E-state index contributed by atoms with van der Waals surface area (Å²) < 4.78 is 0. The van der Waals surface area contributed by atoms with Crippen molar-refractivity contribution in [2.75, 3.05) is 19.8 Å². The molecule has 43 heavy (non-hydrogen) atoms. The third-order valence-electron chi connectivity index (χ3n) is 9.95. The molecule has 0 radical (unpaired) electrons. The van der Waals surface area contributed by atoms with Gasteiger partial charge in [0, 0.05) is 25.5 Å². The highest BCUT2D eigenvalue weighted by molar-refractivity contribution is 4.90. The lowest BCUT2D eigenvalue weighted by Gasteiger charge is -2.21. The summed E-state index contributed by atoms with van der Waals surface area (Å²) in [6.45, 7) is 8.26. The van der Waals surface area contributed by atoms with Crippen molar-refractivity contribution < 1.29 is 0 Å². The van der Waals surface area contributed by atoms with Crippen LogP contribution in [-0.4, -0.2) is 29.6 Å². The Morgan fingerprint density at radius 2 is 0.465 bits per heavy atom. The first-order valence-corrected chi connectivity index (χ1v) is 20.5. The normalized spacial score (nSPS) is 13.2. The molecule has 2 nitrogen and oxygen atoms in total. The summed E-state index contributed by atoms with van der Waals surface area (Å²) in [6, 6.07) is 0. The SMILES string of the molecule is CCCCCCCCCCCCCCCCCCCN1C=CN(CCCCCCCCCCCCCCCCCCC)C1. The van der Waals surface area contributed by atoms with Crippen LogP contribution < -0.4 is 0 Å². The summed E-state index contributed by atoms with van der Waals surface area (Å²) in [5, 5.41) is 0. The van der Waals surface area contributed by atoms with Crippen LogP contribution in [0.2, 0.25) is 0 Å². The molecular formula is C41H82N2. The maximum atomic E-state index is 2.54. The molecule has 0 aromatic carbocycles. The van der Waals surface area contributed by atoms with E-state index in [-0.39, 0.29) is 0 Å². The molecule has 0 aromatic rings. The number of hydrogen-bond donors (Lipinski definition) is 0. The van der Waals surface area contributed by atoms with E-state index >= 15 is 0 Å². The second kappa shape index (κ2) is 34.2. The van der Waals surface area contributed by atoms with Gasteiger partial charge in [-0.1, -0.05) is 219 Å². The minimum absolute atomic E-state index is 1.14. The van der Waals surface area contributed by atoms with E-state index in [4.69, 9.17) is 0 Å². The summed E-state index contributed by atoms with van der Waals surface area (Å²) in [5.74, 6) is 0. The van der Waals surface area contributed by atoms with Crippen LogP contribution in [-0.2, 0) is 0 Å². The smallest absolute Gasteiger partial charge is 0.0893 e. The van der Waals surface area contributed by atoms with Gasteiger partial charge in [0.15, 0.2) is 0 Å². The highest BCUT2D eigenvalue weighted by Gasteiger charge is 2.11. The molecule has 1 aliphatic heterocycles. The second-order valence-corrected chi connectivity index (χ2v) is 14.4. The Morgan fingerprint density at radius 1 is 0.279 bits per heavy atom. The average molecular weight is 603 g/mol. The minimum Gasteiger partial charge on any atom is -0.359 e. The number of unbranched alkanes of at least 4 members (excludes halogenated alkanes) is 32. The zero-order valence-electron chi connectivity index (χ0n) is 30.2. The highest BCUT2D eigenvalue weighted by Crippen LogP contribution is 2.17. The minimum atomic E-state index is 1.14. The molecular weight excluding hydrogens is 520 g/mol. The summed E-state index contributed by atoms with van der Waals surface area (Å²) >= 11 is 0. The van der Waals surface area contributed by atoms with Crippen LogP contribution in [0.3, 0.4) is 0 Å². The van der Waals surface area contributed by atoms with E-state index in [1.54, 1.807) is 0 Å². The Balaban J connectivity index is 1.72. The van der Waals surface area contributed by atoms with Crippen molar-refractivity contribution in [2.45, 2.75) is 232 Å². The number of nitrogens with zero attached hydrogens (tertiary/aromatic N) is 2. The van der Waals surface area contributed by atoms with Crippen LogP contribution in [0.15, 0.2) is 12.4 Å². The van der Waals surface area contributed by atoms with Crippen LogP contribution in [0.1, 0.15) is 232 Å². The third kappa shape index (κ3) is 29.8. The Labute approximate surface area is 273 Å². The van der Waals surface area contributed by atoms with Gasteiger partial charge in [-0.25, -0.2) is 0 Å². The molecule has 0 unspecified atom stereocenters. The van der Waals surface area contributed by atoms with Crippen molar-refractivity contribution in [2.24, 2.45) is 0 Å². The lowest BCUT2D eigenvalue weighted by atomic mass is 10.0. The predicted molar refractivity (Wildman–Crippen MR) is 196 cm³/mol. The summed E-state index contributed by atoms with van der Waals surface area (Å²) in [5.41, 5.74) is 0. The molecule has 0 bridgehead atoms. The quantitative estimate of drug-likeness (QED) is 0.0658. The van der Waals surface area contributed by atoms with Gasteiger partial charge in [0.1, 0.15) is 0 Å².